The number of amides is 1. The van der Waals surface area contributed by atoms with E-state index in [1.807, 2.05) is 18.2 Å². The van der Waals surface area contributed by atoms with Crippen LogP contribution in [-0.4, -0.2) is 29.4 Å². The van der Waals surface area contributed by atoms with Crippen molar-refractivity contribution in [2.75, 3.05) is 13.2 Å². The molecule has 0 bridgehead atoms. The quantitative estimate of drug-likeness (QED) is 0.776. The maximum Gasteiger partial charge on any atom is 0.233 e. The van der Waals surface area contributed by atoms with Crippen LogP contribution in [0.2, 0.25) is 0 Å². The van der Waals surface area contributed by atoms with Gasteiger partial charge in [0.25, 0.3) is 0 Å². The minimum absolute atomic E-state index is 0.0265. The first-order chi connectivity index (χ1) is 10.1. The summed E-state index contributed by atoms with van der Waals surface area (Å²) in [4.78, 5) is 12.4. The number of hydrogen-bond donors (Lipinski definition) is 2. The van der Waals surface area contributed by atoms with Crippen molar-refractivity contribution in [3.8, 4) is 0 Å². The largest absolute Gasteiger partial charge is 0.396 e. The van der Waals surface area contributed by atoms with Crippen LogP contribution in [0.5, 0.6) is 0 Å². The van der Waals surface area contributed by atoms with Crippen molar-refractivity contribution in [2.24, 2.45) is 11.3 Å². The number of benzene rings is 1. The van der Waals surface area contributed by atoms with E-state index in [-0.39, 0.29) is 23.2 Å². The summed E-state index contributed by atoms with van der Waals surface area (Å²) >= 11 is 1.69. The lowest BCUT2D eigenvalue weighted by atomic mass is 10.1. The zero-order valence-electron chi connectivity index (χ0n) is 12.8. The van der Waals surface area contributed by atoms with Gasteiger partial charge in [-0.15, -0.1) is 11.8 Å². The molecule has 1 saturated carbocycles. The van der Waals surface area contributed by atoms with Gasteiger partial charge >= 0.3 is 0 Å². The van der Waals surface area contributed by atoms with Gasteiger partial charge < -0.3 is 10.4 Å². The third kappa shape index (κ3) is 4.75. The summed E-state index contributed by atoms with van der Waals surface area (Å²) in [7, 11) is 0. The van der Waals surface area contributed by atoms with Crippen LogP contribution in [0.25, 0.3) is 0 Å². The van der Waals surface area contributed by atoms with Gasteiger partial charge in [0.2, 0.25) is 5.91 Å². The van der Waals surface area contributed by atoms with Gasteiger partial charge in [-0.3, -0.25) is 4.79 Å². The molecular formula is C17H25NO2S. The molecule has 21 heavy (non-hydrogen) atoms. The van der Waals surface area contributed by atoms with Gasteiger partial charge in [0, 0.05) is 17.7 Å². The van der Waals surface area contributed by atoms with Crippen LogP contribution in [0.15, 0.2) is 30.3 Å². The Morgan fingerprint density at radius 2 is 2.00 bits per heavy atom. The number of hydrogen-bond acceptors (Lipinski definition) is 3. The molecule has 116 valence electrons. The summed E-state index contributed by atoms with van der Waals surface area (Å²) in [5.74, 6) is 1.25. The zero-order chi connectivity index (χ0) is 15.3. The van der Waals surface area contributed by atoms with Crippen molar-refractivity contribution in [2.45, 2.75) is 37.7 Å². The predicted molar refractivity (Wildman–Crippen MR) is 88.1 cm³/mol. The van der Waals surface area contributed by atoms with Gasteiger partial charge in [-0.25, -0.2) is 0 Å². The molecule has 0 aromatic heterocycles. The molecule has 1 aliphatic rings. The maximum atomic E-state index is 12.4. The molecule has 0 radical (unpaired) electrons. The second kappa shape index (κ2) is 7.32. The van der Waals surface area contributed by atoms with E-state index in [1.54, 1.807) is 11.8 Å². The van der Waals surface area contributed by atoms with Crippen molar-refractivity contribution in [1.82, 2.24) is 5.32 Å². The Morgan fingerprint density at radius 3 is 2.52 bits per heavy atom. The van der Waals surface area contributed by atoms with Crippen LogP contribution in [0, 0.1) is 11.3 Å². The van der Waals surface area contributed by atoms with E-state index in [1.165, 1.54) is 5.56 Å². The van der Waals surface area contributed by atoms with E-state index in [0.717, 1.165) is 18.6 Å². The molecular weight excluding hydrogens is 282 g/mol. The zero-order valence-corrected chi connectivity index (χ0v) is 13.7. The summed E-state index contributed by atoms with van der Waals surface area (Å²) in [5, 5.41) is 12.3. The molecule has 0 spiro atoms. The summed E-state index contributed by atoms with van der Waals surface area (Å²) in [6.45, 7) is 4.95. The topological polar surface area (TPSA) is 49.3 Å². The van der Waals surface area contributed by atoms with E-state index in [0.29, 0.717) is 12.5 Å². The number of carbonyl (C=O) groups excluding carboxylic acids is 1. The molecule has 0 aliphatic heterocycles. The van der Waals surface area contributed by atoms with E-state index >= 15 is 0 Å². The molecule has 1 amide bonds. The first kappa shape index (κ1) is 16.4. The fourth-order valence-electron chi connectivity index (χ4n) is 2.27. The third-order valence-electron chi connectivity index (χ3n) is 4.07. The highest BCUT2D eigenvalue weighted by Crippen LogP contribution is 2.44. The van der Waals surface area contributed by atoms with Crippen molar-refractivity contribution in [3.05, 3.63) is 35.9 Å². The first-order valence-electron chi connectivity index (χ1n) is 7.60. The molecule has 1 aromatic rings. The highest BCUT2D eigenvalue weighted by molar-refractivity contribution is 7.99. The lowest BCUT2D eigenvalue weighted by molar-refractivity contribution is -0.121. The van der Waals surface area contributed by atoms with Crippen molar-refractivity contribution < 1.29 is 9.90 Å². The van der Waals surface area contributed by atoms with Gasteiger partial charge in [-0.1, -0.05) is 44.2 Å². The van der Waals surface area contributed by atoms with Crippen LogP contribution in [-0.2, 0) is 10.5 Å². The molecule has 1 aromatic carbocycles. The molecule has 1 aliphatic carbocycles. The van der Waals surface area contributed by atoms with Gasteiger partial charge in [0.1, 0.15) is 0 Å². The number of thioether (sulfide) groups is 1. The number of carbonyl (C=O) groups is 1. The van der Waals surface area contributed by atoms with E-state index in [4.69, 9.17) is 0 Å². The molecule has 0 saturated heterocycles. The van der Waals surface area contributed by atoms with Gasteiger partial charge in [-0.2, -0.15) is 0 Å². The molecule has 0 heterocycles. The number of aliphatic hydroxyl groups is 1. The SMILES string of the molecule is CC(C)C(SCc1ccccc1)C(=O)NCC1(CO)CC1. The number of nitrogens with one attached hydrogen (secondary N) is 1. The predicted octanol–water partition coefficient (Wildman–Crippen LogP) is 2.83. The molecule has 1 fully saturated rings. The normalized spacial score (nSPS) is 17.5. The van der Waals surface area contributed by atoms with Gasteiger partial charge in [0.05, 0.1) is 11.9 Å². The number of aliphatic hydroxyl groups excluding tert-OH is 1. The van der Waals surface area contributed by atoms with Gasteiger partial charge in [0.15, 0.2) is 0 Å². The monoisotopic (exact) mass is 307 g/mol. The number of rotatable bonds is 8. The summed E-state index contributed by atoms with van der Waals surface area (Å²) in [6, 6.07) is 10.2. The van der Waals surface area contributed by atoms with Crippen molar-refractivity contribution in [3.63, 3.8) is 0 Å². The first-order valence-corrected chi connectivity index (χ1v) is 8.65. The van der Waals surface area contributed by atoms with E-state index in [2.05, 4.69) is 31.3 Å². The second-order valence-corrected chi connectivity index (χ2v) is 7.47. The Hall–Kier alpha value is -1.00. The molecule has 1 atom stereocenters. The van der Waals surface area contributed by atoms with Crippen LogP contribution in [0.1, 0.15) is 32.3 Å². The lowest BCUT2D eigenvalue weighted by Gasteiger charge is -2.21. The Morgan fingerprint density at radius 1 is 1.33 bits per heavy atom. The average Bonchev–Trinajstić information content (AvgIpc) is 3.27. The summed E-state index contributed by atoms with van der Waals surface area (Å²) < 4.78 is 0. The van der Waals surface area contributed by atoms with Crippen LogP contribution >= 0.6 is 11.8 Å². The highest BCUT2D eigenvalue weighted by Gasteiger charge is 2.42. The van der Waals surface area contributed by atoms with E-state index in [9.17, 15) is 9.90 Å². The minimum Gasteiger partial charge on any atom is -0.396 e. The smallest absolute Gasteiger partial charge is 0.233 e. The lowest BCUT2D eigenvalue weighted by Crippen LogP contribution is -2.39. The molecule has 2 N–H and O–H groups in total. The maximum absolute atomic E-state index is 12.4. The molecule has 1 unspecified atom stereocenters. The van der Waals surface area contributed by atoms with Gasteiger partial charge in [-0.05, 0) is 24.3 Å². The third-order valence-corrected chi connectivity index (χ3v) is 5.68. The summed E-state index contributed by atoms with van der Waals surface area (Å²) in [5.41, 5.74) is 1.22. The average molecular weight is 307 g/mol. The van der Waals surface area contributed by atoms with Crippen LogP contribution < -0.4 is 5.32 Å². The standard InChI is InChI=1S/C17H25NO2S/c1-13(2)15(21-10-14-6-4-3-5-7-14)16(20)18-11-17(12-19)8-9-17/h3-7,13,15,19H,8-12H2,1-2H3,(H,18,20). The van der Waals surface area contributed by atoms with Crippen molar-refractivity contribution >= 4 is 17.7 Å². The van der Waals surface area contributed by atoms with Crippen LogP contribution in [0.3, 0.4) is 0 Å². The van der Waals surface area contributed by atoms with Crippen molar-refractivity contribution in [1.29, 1.82) is 0 Å². The van der Waals surface area contributed by atoms with E-state index < -0.39 is 0 Å². The minimum atomic E-state index is -0.0419. The Labute approximate surface area is 131 Å². The fraction of sp³-hybridized carbons (Fsp3) is 0.588. The van der Waals surface area contributed by atoms with Crippen LogP contribution in [0.4, 0.5) is 0 Å². The molecule has 4 heteroatoms. The Balaban J connectivity index is 1.84. The molecule has 2 rings (SSSR count). The molecule has 3 nitrogen and oxygen atoms in total. The Kier molecular flexibility index (Phi) is 5.71. The fourth-order valence-corrected chi connectivity index (χ4v) is 3.46. The Bertz CT molecular complexity index is 457. The summed E-state index contributed by atoms with van der Waals surface area (Å²) in [6.07, 6.45) is 2.04. The second-order valence-electron chi connectivity index (χ2n) is 6.34. The highest BCUT2D eigenvalue weighted by atomic mass is 32.2.